The number of sulfonamides is 1. The number of fused-ring (bicyclic) bond motifs is 1. The smallest absolute Gasteiger partial charge is 0.335 e. The Morgan fingerprint density at radius 3 is 2.57 bits per heavy atom. The highest BCUT2D eigenvalue weighted by molar-refractivity contribution is 7.92. The average molecular weight is 499 g/mol. The minimum absolute atomic E-state index is 0.0412. The average Bonchev–Trinajstić information content (AvgIpc) is 3.30. The summed E-state index contributed by atoms with van der Waals surface area (Å²) < 4.78 is 49.3. The molecule has 0 radical (unpaired) electrons. The van der Waals surface area contributed by atoms with Crippen molar-refractivity contribution >= 4 is 21.7 Å². The van der Waals surface area contributed by atoms with Gasteiger partial charge in [-0.2, -0.15) is 8.42 Å². The van der Waals surface area contributed by atoms with Crippen molar-refractivity contribution in [2.75, 3.05) is 4.72 Å². The number of rotatable bonds is 10. The summed E-state index contributed by atoms with van der Waals surface area (Å²) in [4.78, 5) is 15.1. The van der Waals surface area contributed by atoms with E-state index in [9.17, 15) is 17.6 Å². The van der Waals surface area contributed by atoms with Gasteiger partial charge in [0.1, 0.15) is 18.5 Å². The molecule has 2 N–H and O–H groups in total. The molecule has 7 nitrogen and oxygen atoms in total. The molecule has 0 saturated carbocycles. The Balaban J connectivity index is 1.62. The van der Waals surface area contributed by atoms with Crippen LogP contribution in [0.3, 0.4) is 0 Å². The van der Waals surface area contributed by atoms with Gasteiger partial charge in [-0.05, 0) is 78.3 Å². The van der Waals surface area contributed by atoms with Gasteiger partial charge in [-0.3, -0.25) is 4.72 Å². The lowest BCUT2D eigenvalue weighted by molar-refractivity contribution is 0.0696. The van der Waals surface area contributed by atoms with Crippen molar-refractivity contribution in [3.63, 3.8) is 0 Å². The van der Waals surface area contributed by atoms with E-state index in [2.05, 4.69) is 9.71 Å². The lowest BCUT2D eigenvalue weighted by Crippen LogP contribution is -2.19. The van der Waals surface area contributed by atoms with Crippen LogP contribution in [0.15, 0.2) is 59.8 Å². The van der Waals surface area contributed by atoms with E-state index in [0.717, 1.165) is 36.0 Å². The molecule has 1 aromatic heterocycles. The van der Waals surface area contributed by atoms with Crippen molar-refractivity contribution < 1.29 is 27.4 Å². The van der Waals surface area contributed by atoms with Gasteiger partial charge in [0.25, 0.3) is 10.0 Å². The molecule has 0 saturated heterocycles. The highest BCUT2D eigenvalue weighted by Gasteiger charge is 2.25. The monoisotopic (exact) mass is 498 g/mol. The first-order chi connectivity index (χ1) is 16.8. The normalized spacial score (nSPS) is 13.8. The van der Waals surface area contributed by atoms with Crippen molar-refractivity contribution in [2.45, 2.75) is 56.8 Å². The third-order valence-corrected chi connectivity index (χ3v) is 7.39. The molecular weight excluding hydrogens is 471 g/mol. The summed E-state index contributed by atoms with van der Waals surface area (Å²) in [6.45, 7) is 1.83. The number of carboxylic acids is 1. The number of aromatic carboxylic acids is 1. The number of hydrogen-bond donors (Lipinski definition) is 2. The molecule has 0 amide bonds. The summed E-state index contributed by atoms with van der Waals surface area (Å²) in [6, 6.07) is 13.1. The topological polar surface area (TPSA) is 106 Å². The van der Waals surface area contributed by atoms with Gasteiger partial charge in [-0.1, -0.05) is 25.1 Å². The van der Waals surface area contributed by atoms with Crippen LogP contribution in [0.4, 0.5) is 10.1 Å². The molecule has 0 bridgehead atoms. The number of ether oxygens (including phenoxy) is 1. The number of benzene rings is 2. The lowest BCUT2D eigenvalue weighted by Gasteiger charge is -2.17. The van der Waals surface area contributed by atoms with Gasteiger partial charge in [0.05, 0.1) is 11.3 Å². The summed E-state index contributed by atoms with van der Waals surface area (Å²) in [5.74, 6) is -0.648. The van der Waals surface area contributed by atoms with Gasteiger partial charge in [-0.15, -0.1) is 0 Å². The molecule has 9 heteroatoms. The fourth-order valence-corrected chi connectivity index (χ4v) is 5.34. The summed E-state index contributed by atoms with van der Waals surface area (Å²) in [7, 11) is -4.11. The number of carbonyl (C=O) groups is 1. The maximum atomic E-state index is 14.1. The number of nitrogens with zero attached hydrogens (tertiary/aromatic N) is 1. The van der Waals surface area contributed by atoms with Gasteiger partial charge < -0.3 is 9.84 Å². The molecule has 0 spiro atoms. The number of pyridine rings is 1. The number of anilines is 1. The van der Waals surface area contributed by atoms with Crippen LogP contribution >= 0.6 is 0 Å². The molecule has 2 aromatic carbocycles. The SMILES string of the molecule is CC[C@H](F)Cc1cccnc1S(=O)(=O)Nc1cc2c(cc1OCc1ccc(C(=O)O)cc1)CCC2. The second kappa shape index (κ2) is 10.4. The first-order valence-corrected chi connectivity index (χ1v) is 13.0. The third-order valence-electron chi connectivity index (χ3n) is 6.02. The van der Waals surface area contributed by atoms with Crippen molar-refractivity contribution in [3.8, 4) is 5.75 Å². The number of aryl methyl sites for hydroxylation is 2. The van der Waals surface area contributed by atoms with E-state index in [-0.39, 0.29) is 35.7 Å². The maximum Gasteiger partial charge on any atom is 0.335 e. The predicted octanol–water partition coefficient (Wildman–Crippen LogP) is 4.94. The zero-order chi connectivity index (χ0) is 25.0. The molecule has 1 atom stereocenters. The third kappa shape index (κ3) is 5.79. The van der Waals surface area contributed by atoms with Crippen molar-refractivity contribution in [1.82, 2.24) is 4.98 Å². The number of alkyl halides is 1. The largest absolute Gasteiger partial charge is 0.487 e. The van der Waals surface area contributed by atoms with Crippen LogP contribution in [-0.4, -0.2) is 30.6 Å². The molecule has 1 aliphatic rings. The fourth-order valence-electron chi connectivity index (χ4n) is 4.10. The van der Waals surface area contributed by atoms with Gasteiger partial charge >= 0.3 is 5.97 Å². The Morgan fingerprint density at radius 2 is 1.89 bits per heavy atom. The first kappa shape index (κ1) is 24.7. The molecule has 1 aliphatic carbocycles. The minimum atomic E-state index is -4.11. The zero-order valence-electron chi connectivity index (χ0n) is 19.3. The maximum absolute atomic E-state index is 14.1. The van der Waals surface area contributed by atoms with Crippen LogP contribution in [-0.2, 0) is 35.9 Å². The predicted molar refractivity (Wildman–Crippen MR) is 130 cm³/mol. The van der Waals surface area contributed by atoms with E-state index >= 15 is 0 Å². The highest BCUT2D eigenvalue weighted by Crippen LogP contribution is 2.35. The van der Waals surface area contributed by atoms with Crippen LogP contribution in [0.5, 0.6) is 5.75 Å². The Bertz CT molecular complexity index is 1330. The number of nitrogens with one attached hydrogen (secondary N) is 1. The quantitative estimate of drug-likeness (QED) is 0.410. The first-order valence-electron chi connectivity index (χ1n) is 11.5. The van der Waals surface area contributed by atoms with Crippen molar-refractivity contribution in [1.29, 1.82) is 0 Å². The Labute approximate surface area is 204 Å². The molecule has 1 heterocycles. The van der Waals surface area contributed by atoms with Crippen LogP contribution < -0.4 is 9.46 Å². The molecule has 3 aromatic rings. The van der Waals surface area contributed by atoms with E-state index in [1.54, 1.807) is 37.3 Å². The lowest BCUT2D eigenvalue weighted by atomic mass is 10.1. The van der Waals surface area contributed by atoms with Crippen molar-refractivity contribution in [3.05, 3.63) is 82.5 Å². The fraction of sp³-hybridized carbons (Fsp3) is 0.308. The summed E-state index contributed by atoms with van der Waals surface area (Å²) in [6.07, 6.45) is 3.14. The van der Waals surface area contributed by atoms with Crippen LogP contribution in [0, 0.1) is 0 Å². The van der Waals surface area contributed by atoms with Crippen LogP contribution in [0.2, 0.25) is 0 Å². The summed E-state index contributed by atoms with van der Waals surface area (Å²) in [5, 5.41) is 8.87. The van der Waals surface area contributed by atoms with E-state index < -0.39 is 22.2 Å². The van der Waals surface area contributed by atoms with E-state index in [4.69, 9.17) is 9.84 Å². The number of aromatic nitrogens is 1. The van der Waals surface area contributed by atoms with E-state index in [1.807, 2.05) is 6.07 Å². The Hall–Kier alpha value is -3.46. The van der Waals surface area contributed by atoms with Crippen LogP contribution in [0.25, 0.3) is 0 Å². The van der Waals surface area contributed by atoms with E-state index in [0.29, 0.717) is 11.3 Å². The molecule has 0 aliphatic heterocycles. The summed E-state index contributed by atoms with van der Waals surface area (Å²) >= 11 is 0. The molecule has 184 valence electrons. The number of halogens is 1. The number of hydrogen-bond acceptors (Lipinski definition) is 5. The van der Waals surface area contributed by atoms with Gasteiger partial charge in [0.15, 0.2) is 5.03 Å². The van der Waals surface area contributed by atoms with Crippen LogP contribution in [0.1, 0.15) is 52.4 Å². The second-order valence-electron chi connectivity index (χ2n) is 8.54. The van der Waals surface area contributed by atoms with Gasteiger partial charge in [0.2, 0.25) is 0 Å². The standard InChI is InChI=1S/C26H27FN2O5S/c1-2-22(27)13-21-7-4-12-28-25(21)35(32,33)29-23-14-19-5-3-6-20(19)15-24(23)34-16-17-8-10-18(11-9-17)26(30)31/h4,7-12,14-15,22,29H,2-3,5-6,13,16H2,1H3,(H,30,31)/t22-/m0/s1. The van der Waals surface area contributed by atoms with Gasteiger partial charge in [0, 0.05) is 12.6 Å². The molecule has 4 rings (SSSR count). The molecule has 0 unspecified atom stereocenters. The minimum Gasteiger partial charge on any atom is -0.487 e. The zero-order valence-corrected chi connectivity index (χ0v) is 20.1. The Morgan fingerprint density at radius 1 is 1.17 bits per heavy atom. The molecular formula is C26H27FN2O5S. The Kier molecular flexibility index (Phi) is 7.35. The molecule has 35 heavy (non-hydrogen) atoms. The number of carboxylic acid groups (broad SMARTS) is 1. The second-order valence-corrected chi connectivity index (χ2v) is 10.1. The van der Waals surface area contributed by atoms with E-state index in [1.165, 1.54) is 18.3 Å². The van der Waals surface area contributed by atoms with Crippen molar-refractivity contribution in [2.24, 2.45) is 0 Å². The highest BCUT2D eigenvalue weighted by atomic mass is 32.2. The molecule has 0 fully saturated rings. The summed E-state index contributed by atoms with van der Waals surface area (Å²) in [5.41, 5.74) is 3.67. The van der Waals surface area contributed by atoms with Gasteiger partial charge in [-0.25, -0.2) is 14.2 Å².